The molecule has 0 N–H and O–H groups in total. The predicted octanol–water partition coefficient (Wildman–Crippen LogP) is 8.24. The number of rotatable bonds is 8. The van der Waals surface area contributed by atoms with Crippen LogP contribution in [0.2, 0.25) is 0 Å². The maximum Gasteiger partial charge on any atom is 0.361 e. The molecular formula is C29H27O2+. The van der Waals surface area contributed by atoms with Crippen molar-refractivity contribution < 1.29 is 9.15 Å². The molecule has 0 spiro atoms. The van der Waals surface area contributed by atoms with Crippen molar-refractivity contribution in [1.29, 1.82) is 0 Å². The van der Waals surface area contributed by atoms with Gasteiger partial charge in [0.15, 0.2) is 0 Å². The highest BCUT2D eigenvalue weighted by Gasteiger charge is 2.17. The van der Waals surface area contributed by atoms with Gasteiger partial charge in [0.25, 0.3) is 0 Å². The molecule has 2 heteroatoms. The highest BCUT2D eigenvalue weighted by molar-refractivity contribution is 5.74. The quantitative estimate of drug-likeness (QED) is 0.216. The van der Waals surface area contributed by atoms with Crippen LogP contribution < -0.4 is 4.74 Å². The van der Waals surface area contributed by atoms with Crippen molar-refractivity contribution in [3.63, 3.8) is 0 Å². The van der Waals surface area contributed by atoms with Gasteiger partial charge in [-0.2, -0.15) is 0 Å². The van der Waals surface area contributed by atoms with Crippen molar-refractivity contribution in [2.45, 2.75) is 19.8 Å². The van der Waals surface area contributed by atoms with E-state index in [1.165, 1.54) is 5.56 Å². The van der Waals surface area contributed by atoms with E-state index in [9.17, 15) is 0 Å². The Hall–Kier alpha value is -3.65. The van der Waals surface area contributed by atoms with E-state index in [1.807, 2.05) is 42.5 Å². The summed E-state index contributed by atoms with van der Waals surface area (Å²) in [5.41, 5.74) is 4.46. The van der Waals surface area contributed by atoms with Crippen LogP contribution in [-0.4, -0.2) is 6.61 Å². The zero-order valence-electron chi connectivity index (χ0n) is 17.8. The molecule has 1 heterocycles. The third kappa shape index (κ3) is 5.70. The Kier molecular flexibility index (Phi) is 6.92. The summed E-state index contributed by atoms with van der Waals surface area (Å²) < 4.78 is 12.0. The molecule has 3 aromatic carbocycles. The van der Waals surface area contributed by atoms with Crippen LogP contribution in [0.5, 0.6) is 5.75 Å². The zero-order chi connectivity index (χ0) is 21.3. The summed E-state index contributed by atoms with van der Waals surface area (Å²) in [7, 11) is 0. The molecule has 0 saturated heterocycles. The van der Waals surface area contributed by atoms with E-state index in [2.05, 4.69) is 73.7 Å². The predicted molar refractivity (Wildman–Crippen MR) is 130 cm³/mol. The normalized spacial score (nSPS) is 11.0. The van der Waals surface area contributed by atoms with Crippen LogP contribution in [0.4, 0.5) is 0 Å². The van der Waals surface area contributed by atoms with E-state index in [0.29, 0.717) is 0 Å². The molecule has 4 aromatic rings. The molecule has 154 valence electrons. The highest BCUT2D eigenvalue weighted by Crippen LogP contribution is 2.29. The molecular weight excluding hydrogens is 380 g/mol. The molecule has 0 aliphatic rings. The van der Waals surface area contributed by atoms with Crippen LogP contribution in [0.15, 0.2) is 101 Å². The van der Waals surface area contributed by atoms with Gasteiger partial charge in [-0.25, -0.2) is 4.42 Å². The summed E-state index contributed by atoms with van der Waals surface area (Å²) in [6, 6.07) is 32.9. The maximum absolute atomic E-state index is 6.23. The second-order valence-electron chi connectivity index (χ2n) is 7.45. The fourth-order valence-electron chi connectivity index (χ4n) is 3.33. The Bertz CT molecular complexity index is 1060. The zero-order valence-corrected chi connectivity index (χ0v) is 17.8. The number of hydrogen-bond donors (Lipinski definition) is 0. The lowest BCUT2D eigenvalue weighted by atomic mass is 10.0. The van der Waals surface area contributed by atoms with E-state index in [4.69, 9.17) is 9.15 Å². The Labute approximate surface area is 184 Å². The van der Waals surface area contributed by atoms with Gasteiger partial charge >= 0.3 is 11.5 Å². The molecule has 0 bridgehead atoms. The lowest BCUT2D eigenvalue weighted by Crippen LogP contribution is -1.95. The lowest BCUT2D eigenvalue weighted by Gasteiger charge is -2.04. The van der Waals surface area contributed by atoms with Crippen molar-refractivity contribution in [2.75, 3.05) is 6.61 Å². The van der Waals surface area contributed by atoms with Crippen LogP contribution in [0.1, 0.15) is 31.1 Å². The molecule has 0 radical (unpaired) electrons. The highest BCUT2D eigenvalue weighted by atomic mass is 16.5. The maximum atomic E-state index is 6.23. The van der Waals surface area contributed by atoms with Gasteiger partial charge in [0.2, 0.25) is 0 Å². The number of benzene rings is 3. The monoisotopic (exact) mass is 407 g/mol. The molecule has 4 rings (SSSR count). The average molecular weight is 408 g/mol. The summed E-state index contributed by atoms with van der Waals surface area (Å²) in [5, 5.41) is 0. The average Bonchev–Trinajstić information content (AvgIpc) is 2.85. The molecule has 0 aliphatic carbocycles. The molecule has 0 aliphatic heterocycles. The molecule has 0 unspecified atom stereocenters. The summed E-state index contributed by atoms with van der Waals surface area (Å²) in [6.07, 6.45) is 6.30. The van der Waals surface area contributed by atoms with Crippen molar-refractivity contribution in [3.8, 4) is 28.2 Å². The Morgan fingerprint density at radius 1 is 0.710 bits per heavy atom. The lowest BCUT2D eigenvalue weighted by molar-refractivity contribution is 0.309. The third-order valence-electron chi connectivity index (χ3n) is 5.06. The standard InChI is InChI=1S/C29H27O2/c1-2-3-20-30-27-17-14-23(15-18-27)16-19-28-21-26(24-10-6-4-7-11-24)22-29(31-28)25-12-8-5-9-13-25/h4-19,21-22H,2-3,20H2,1H3/q+1/b19-16+. The van der Waals surface area contributed by atoms with Crippen molar-refractivity contribution in [3.05, 3.63) is 108 Å². The van der Waals surface area contributed by atoms with Crippen LogP contribution >= 0.6 is 0 Å². The van der Waals surface area contributed by atoms with Gasteiger partial charge in [-0.05, 0) is 47.9 Å². The molecule has 0 amide bonds. The van der Waals surface area contributed by atoms with Crippen LogP contribution in [0, 0.1) is 0 Å². The van der Waals surface area contributed by atoms with Crippen molar-refractivity contribution in [2.24, 2.45) is 0 Å². The van der Waals surface area contributed by atoms with Crippen LogP contribution in [0.25, 0.3) is 34.6 Å². The topological polar surface area (TPSA) is 20.5 Å². The van der Waals surface area contributed by atoms with Crippen molar-refractivity contribution in [1.82, 2.24) is 0 Å². The van der Waals surface area contributed by atoms with E-state index >= 15 is 0 Å². The Morgan fingerprint density at radius 3 is 2.06 bits per heavy atom. The first-order chi connectivity index (χ1) is 15.3. The first-order valence-corrected chi connectivity index (χ1v) is 10.8. The Balaban J connectivity index is 1.61. The fourth-order valence-corrected chi connectivity index (χ4v) is 3.33. The van der Waals surface area contributed by atoms with Gasteiger partial charge in [0, 0.05) is 11.6 Å². The molecule has 1 aromatic heterocycles. The number of unbranched alkanes of at least 4 members (excludes halogenated alkanes) is 1. The summed E-state index contributed by atoms with van der Waals surface area (Å²) in [6.45, 7) is 2.93. The minimum absolute atomic E-state index is 0.763. The minimum Gasteiger partial charge on any atom is -0.494 e. The second kappa shape index (κ2) is 10.4. The van der Waals surface area contributed by atoms with Gasteiger partial charge < -0.3 is 4.74 Å². The van der Waals surface area contributed by atoms with Gasteiger partial charge in [-0.3, -0.25) is 0 Å². The van der Waals surface area contributed by atoms with Gasteiger partial charge in [-0.15, -0.1) is 0 Å². The summed E-state index contributed by atoms with van der Waals surface area (Å²) >= 11 is 0. The first-order valence-electron chi connectivity index (χ1n) is 10.8. The van der Waals surface area contributed by atoms with Gasteiger partial charge in [0.05, 0.1) is 24.3 Å². The molecule has 0 atom stereocenters. The van der Waals surface area contributed by atoms with E-state index in [0.717, 1.165) is 53.4 Å². The molecule has 0 saturated carbocycles. The summed E-state index contributed by atoms with van der Waals surface area (Å²) in [4.78, 5) is 0. The van der Waals surface area contributed by atoms with E-state index in [1.54, 1.807) is 0 Å². The number of ether oxygens (including phenoxy) is 1. The molecule has 0 fully saturated rings. The van der Waals surface area contributed by atoms with Gasteiger partial charge in [0.1, 0.15) is 5.75 Å². The third-order valence-corrected chi connectivity index (χ3v) is 5.06. The molecule has 2 nitrogen and oxygen atoms in total. The van der Waals surface area contributed by atoms with E-state index in [-0.39, 0.29) is 0 Å². The SMILES string of the molecule is CCCCOc1ccc(/C=C/c2cc(-c3ccccc3)cc(-c3ccccc3)[o+]2)cc1. The number of hydrogen-bond acceptors (Lipinski definition) is 1. The van der Waals surface area contributed by atoms with Gasteiger partial charge in [-0.1, -0.05) is 74.0 Å². The molecule has 31 heavy (non-hydrogen) atoms. The van der Waals surface area contributed by atoms with Crippen LogP contribution in [-0.2, 0) is 0 Å². The van der Waals surface area contributed by atoms with Crippen LogP contribution in [0.3, 0.4) is 0 Å². The Morgan fingerprint density at radius 2 is 1.39 bits per heavy atom. The summed E-state index contributed by atoms with van der Waals surface area (Å²) in [5.74, 6) is 2.57. The largest absolute Gasteiger partial charge is 0.494 e. The first kappa shape index (κ1) is 20.6. The smallest absolute Gasteiger partial charge is 0.361 e. The van der Waals surface area contributed by atoms with E-state index < -0.39 is 0 Å². The minimum atomic E-state index is 0.763. The second-order valence-corrected chi connectivity index (χ2v) is 7.45. The fraction of sp³-hybridized carbons (Fsp3) is 0.138. The van der Waals surface area contributed by atoms with Crippen molar-refractivity contribution >= 4 is 12.2 Å².